The number of ether oxygens (including phenoxy) is 1. The second kappa shape index (κ2) is 4.05. The summed E-state index contributed by atoms with van der Waals surface area (Å²) in [6, 6.07) is 6.47. The van der Waals surface area contributed by atoms with Crippen LogP contribution in [0.1, 0.15) is 36.6 Å². The van der Waals surface area contributed by atoms with E-state index in [0.717, 1.165) is 30.1 Å². The Hall–Kier alpha value is -1.39. The summed E-state index contributed by atoms with van der Waals surface area (Å²) in [4.78, 5) is 8.20. The minimum absolute atomic E-state index is 0.0237. The summed E-state index contributed by atoms with van der Waals surface area (Å²) in [6.07, 6.45) is 3.88. The van der Waals surface area contributed by atoms with Gasteiger partial charge in [-0.25, -0.2) is 4.98 Å². The zero-order valence-electron chi connectivity index (χ0n) is 11.0. The lowest BCUT2D eigenvalue weighted by Crippen LogP contribution is -2.52. The molecule has 4 nitrogen and oxygen atoms in total. The molecule has 0 spiro atoms. The minimum atomic E-state index is 0.0237. The molecule has 2 fully saturated rings. The van der Waals surface area contributed by atoms with Crippen molar-refractivity contribution in [2.45, 2.75) is 30.6 Å². The predicted molar refractivity (Wildman–Crippen MR) is 74.2 cm³/mol. The largest absolute Gasteiger partial charge is 0.379 e. The number of nitrogens with zero attached hydrogens (tertiary/aromatic N) is 1. The van der Waals surface area contributed by atoms with E-state index in [2.05, 4.69) is 23.2 Å². The molecule has 0 radical (unpaired) electrons. The summed E-state index contributed by atoms with van der Waals surface area (Å²) in [5, 5.41) is 0. The SMILES string of the molecule is NCC1(c2ccc3nc(C4CCC4)[nH]c3c2)COC1. The number of rotatable bonds is 3. The maximum Gasteiger partial charge on any atom is 0.110 e. The third kappa shape index (κ3) is 1.63. The van der Waals surface area contributed by atoms with Crippen LogP contribution in [0, 0.1) is 0 Å². The molecule has 2 aromatic rings. The van der Waals surface area contributed by atoms with Gasteiger partial charge < -0.3 is 15.5 Å². The number of benzene rings is 1. The smallest absolute Gasteiger partial charge is 0.110 e. The third-order valence-corrected chi connectivity index (χ3v) is 4.75. The summed E-state index contributed by atoms with van der Waals surface area (Å²) < 4.78 is 5.36. The molecular formula is C15H19N3O. The molecule has 0 amide bonds. The monoisotopic (exact) mass is 257 g/mol. The van der Waals surface area contributed by atoms with Crippen molar-refractivity contribution in [1.82, 2.24) is 9.97 Å². The van der Waals surface area contributed by atoms with E-state index in [9.17, 15) is 0 Å². The molecule has 1 aliphatic carbocycles. The molecule has 1 aliphatic heterocycles. The molecule has 4 heteroatoms. The van der Waals surface area contributed by atoms with Gasteiger partial charge >= 0.3 is 0 Å². The Morgan fingerprint density at radius 2 is 2.21 bits per heavy atom. The van der Waals surface area contributed by atoms with E-state index in [4.69, 9.17) is 15.5 Å². The number of hydrogen-bond donors (Lipinski definition) is 2. The van der Waals surface area contributed by atoms with Crippen molar-refractivity contribution in [2.24, 2.45) is 5.73 Å². The highest BCUT2D eigenvalue weighted by atomic mass is 16.5. The standard InChI is InChI=1S/C15H19N3O/c16-7-15(8-19-9-15)11-4-5-12-13(6-11)18-14(17-12)10-2-1-3-10/h4-6,10H,1-3,7-9,16H2,(H,17,18). The lowest BCUT2D eigenvalue weighted by atomic mass is 9.78. The van der Waals surface area contributed by atoms with Gasteiger partial charge in [-0.2, -0.15) is 0 Å². The minimum Gasteiger partial charge on any atom is -0.379 e. The van der Waals surface area contributed by atoms with Gasteiger partial charge in [-0.15, -0.1) is 0 Å². The zero-order chi connectivity index (χ0) is 12.9. The molecule has 2 heterocycles. The predicted octanol–water partition coefficient (Wildman–Crippen LogP) is 2.06. The first-order valence-corrected chi connectivity index (χ1v) is 7.09. The molecule has 2 aliphatic rings. The fraction of sp³-hybridized carbons (Fsp3) is 0.533. The van der Waals surface area contributed by atoms with E-state index in [1.807, 2.05) is 0 Å². The summed E-state index contributed by atoms with van der Waals surface area (Å²) in [5.74, 6) is 1.80. The second-order valence-electron chi connectivity index (χ2n) is 5.96. The van der Waals surface area contributed by atoms with Crippen molar-refractivity contribution in [3.8, 4) is 0 Å². The van der Waals surface area contributed by atoms with Gasteiger partial charge in [0.1, 0.15) is 5.82 Å². The van der Waals surface area contributed by atoms with Gasteiger partial charge in [0.05, 0.1) is 29.7 Å². The fourth-order valence-corrected chi connectivity index (χ4v) is 2.99. The van der Waals surface area contributed by atoms with E-state index in [0.29, 0.717) is 12.5 Å². The van der Waals surface area contributed by atoms with Gasteiger partial charge in [0.2, 0.25) is 0 Å². The summed E-state index contributed by atoms with van der Waals surface area (Å²) in [5.41, 5.74) is 9.43. The number of imidazole rings is 1. The van der Waals surface area contributed by atoms with Gasteiger partial charge in [-0.3, -0.25) is 0 Å². The lowest BCUT2D eigenvalue weighted by Gasteiger charge is -2.41. The number of aromatic amines is 1. The Kier molecular flexibility index (Phi) is 2.44. The molecule has 100 valence electrons. The van der Waals surface area contributed by atoms with Crippen molar-refractivity contribution in [1.29, 1.82) is 0 Å². The normalized spacial score (nSPS) is 22.2. The molecule has 19 heavy (non-hydrogen) atoms. The van der Waals surface area contributed by atoms with E-state index in [1.54, 1.807) is 0 Å². The lowest BCUT2D eigenvalue weighted by molar-refractivity contribution is -0.0549. The van der Waals surface area contributed by atoms with Gasteiger partial charge in [0.25, 0.3) is 0 Å². The van der Waals surface area contributed by atoms with Crippen LogP contribution in [0.2, 0.25) is 0 Å². The van der Waals surface area contributed by atoms with Crippen molar-refractivity contribution < 1.29 is 4.74 Å². The van der Waals surface area contributed by atoms with Gasteiger partial charge in [0, 0.05) is 12.5 Å². The zero-order valence-corrected chi connectivity index (χ0v) is 11.0. The van der Waals surface area contributed by atoms with Crippen LogP contribution >= 0.6 is 0 Å². The summed E-state index contributed by atoms with van der Waals surface area (Å²) >= 11 is 0. The average molecular weight is 257 g/mol. The molecule has 1 saturated heterocycles. The van der Waals surface area contributed by atoms with Crippen LogP contribution < -0.4 is 5.73 Å². The topological polar surface area (TPSA) is 63.9 Å². The van der Waals surface area contributed by atoms with Crippen LogP contribution in [-0.4, -0.2) is 29.7 Å². The fourth-order valence-electron chi connectivity index (χ4n) is 2.99. The molecule has 1 saturated carbocycles. The molecule has 0 unspecified atom stereocenters. The molecular weight excluding hydrogens is 238 g/mol. The Morgan fingerprint density at radius 3 is 2.79 bits per heavy atom. The Bertz CT molecular complexity index is 605. The van der Waals surface area contributed by atoms with Crippen LogP contribution in [0.3, 0.4) is 0 Å². The number of H-pyrrole nitrogens is 1. The molecule has 4 rings (SSSR count). The van der Waals surface area contributed by atoms with E-state index < -0.39 is 0 Å². The first kappa shape index (κ1) is 11.4. The first-order valence-electron chi connectivity index (χ1n) is 7.09. The highest BCUT2D eigenvalue weighted by molar-refractivity contribution is 5.76. The maximum atomic E-state index is 5.92. The number of aromatic nitrogens is 2. The van der Waals surface area contributed by atoms with E-state index in [-0.39, 0.29) is 5.41 Å². The molecule has 0 bridgehead atoms. The van der Waals surface area contributed by atoms with Crippen molar-refractivity contribution >= 4 is 11.0 Å². The van der Waals surface area contributed by atoms with Crippen LogP contribution in [0.25, 0.3) is 11.0 Å². The number of nitrogens with two attached hydrogens (primary N) is 1. The Morgan fingerprint density at radius 1 is 1.37 bits per heavy atom. The van der Waals surface area contributed by atoms with Crippen LogP contribution in [0.15, 0.2) is 18.2 Å². The van der Waals surface area contributed by atoms with Gasteiger partial charge in [-0.05, 0) is 30.5 Å². The Balaban J connectivity index is 1.74. The average Bonchev–Trinajstić information content (AvgIpc) is 2.68. The molecule has 3 N–H and O–H groups in total. The second-order valence-corrected chi connectivity index (χ2v) is 5.96. The molecule has 0 atom stereocenters. The van der Waals surface area contributed by atoms with Crippen LogP contribution in [0.5, 0.6) is 0 Å². The van der Waals surface area contributed by atoms with E-state index in [1.165, 1.54) is 24.8 Å². The highest BCUT2D eigenvalue weighted by Crippen LogP contribution is 2.37. The number of fused-ring (bicyclic) bond motifs is 1. The summed E-state index contributed by atoms with van der Waals surface area (Å²) in [7, 11) is 0. The highest BCUT2D eigenvalue weighted by Gasteiger charge is 2.39. The van der Waals surface area contributed by atoms with Gasteiger partial charge in [0.15, 0.2) is 0 Å². The van der Waals surface area contributed by atoms with Crippen LogP contribution in [0.4, 0.5) is 0 Å². The van der Waals surface area contributed by atoms with Gasteiger partial charge in [-0.1, -0.05) is 12.5 Å². The van der Waals surface area contributed by atoms with Crippen LogP contribution in [-0.2, 0) is 10.2 Å². The quantitative estimate of drug-likeness (QED) is 0.884. The Labute approximate surface area is 112 Å². The maximum absolute atomic E-state index is 5.92. The van der Waals surface area contributed by atoms with Crippen molar-refractivity contribution in [2.75, 3.05) is 19.8 Å². The van der Waals surface area contributed by atoms with Crippen molar-refractivity contribution in [3.05, 3.63) is 29.6 Å². The summed E-state index contributed by atoms with van der Waals surface area (Å²) in [6.45, 7) is 2.11. The number of nitrogens with one attached hydrogen (secondary N) is 1. The molecule has 1 aromatic heterocycles. The molecule has 1 aromatic carbocycles. The number of hydrogen-bond acceptors (Lipinski definition) is 3. The first-order chi connectivity index (χ1) is 9.31. The third-order valence-electron chi connectivity index (χ3n) is 4.75. The van der Waals surface area contributed by atoms with E-state index >= 15 is 0 Å². The van der Waals surface area contributed by atoms with Crippen molar-refractivity contribution in [3.63, 3.8) is 0 Å².